The van der Waals surface area contributed by atoms with E-state index in [2.05, 4.69) is 9.97 Å². The van der Waals surface area contributed by atoms with Crippen molar-refractivity contribution in [2.75, 3.05) is 0 Å². The van der Waals surface area contributed by atoms with E-state index < -0.39 is 5.97 Å². The molecule has 0 amide bonds. The van der Waals surface area contributed by atoms with Gasteiger partial charge in [0.2, 0.25) is 0 Å². The Morgan fingerprint density at radius 2 is 1.63 bits per heavy atom. The van der Waals surface area contributed by atoms with Crippen LogP contribution in [0.25, 0.3) is 22.3 Å². The number of rotatable bonds is 3. The lowest BCUT2D eigenvalue weighted by Gasteiger charge is -2.06. The first kappa shape index (κ1) is 17.0. The van der Waals surface area contributed by atoms with Crippen LogP contribution in [-0.4, -0.2) is 15.9 Å². The molecule has 3 aromatic carbocycles. The summed E-state index contributed by atoms with van der Waals surface area (Å²) in [6.45, 7) is 0. The minimum absolute atomic E-state index is 0.200. The molecular formula is C21H13ClN2O3. The van der Waals surface area contributed by atoms with Gasteiger partial charge in [0.05, 0.1) is 16.5 Å². The number of benzene rings is 3. The van der Waals surface area contributed by atoms with Crippen molar-refractivity contribution in [1.82, 2.24) is 9.97 Å². The van der Waals surface area contributed by atoms with E-state index in [1.54, 1.807) is 66.7 Å². The lowest BCUT2D eigenvalue weighted by Crippen LogP contribution is -2.09. The maximum absolute atomic E-state index is 12.2. The first-order chi connectivity index (χ1) is 13.1. The molecule has 4 rings (SSSR count). The number of H-pyrrole nitrogens is 1. The molecule has 0 fully saturated rings. The van der Waals surface area contributed by atoms with E-state index in [1.165, 1.54) is 0 Å². The molecule has 1 heterocycles. The van der Waals surface area contributed by atoms with Crippen LogP contribution in [0.4, 0.5) is 0 Å². The average Bonchev–Trinajstić information content (AvgIpc) is 2.69. The van der Waals surface area contributed by atoms with Crippen LogP contribution < -0.4 is 10.3 Å². The van der Waals surface area contributed by atoms with Crippen molar-refractivity contribution in [3.8, 4) is 17.1 Å². The summed E-state index contributed by atoms with van der Waals surface area (Å²) in [5, 5.41) is 1.09. The maximum atomic E-state index is 12.2. The Kier molecular flexibility index (Phi) is 4.44. The van der Waals surface area contributed by atoms with Gasteiger partial charge < -0.3 is 9.72 Å². The van der Waals surface area contributed by atoms with Gasteiger partial charge in [0, 0.05) is 10.6 Å². The Morgan fingerprint density at radius 1 is 0.926 bits per heavy atom. The third-order valence-corrected chi connectivity index (χ3v) is 4.28. The minimum atomic E-state index is -0.475. The summed E-state index contributed by atoms with van der Waals surface area (Å²) in [6.07, 6.45) is 0. The number of nitrogens with zero attached hydrogens (tertiary/aromatic N) is 1. The van der Waals surface area contributed by atoms with Crippen LogP contribution in [0.5, 0.6) is 5.75 Å². The van der Waals surface area contributed by atoms with Gasteiger partial charge >= 0.3 is 5.97 Å². The summed E-state index contributed by atoms with van der Waals surface area (Å²) in [6, 6.07) is 20.4. The number of halogens is 1. The van der Waals surface area contributed by atoms with Crippen LogP contribution >= 0.6 is 11.6 Å². The molecule has 1 aromatic heterocycles. The molecule has 0 radical (unpaired) electrons. The largest absolute Gasteiger partial charge is 0.423 e. The molecule has 0 unspecified atom stereocenters. The molecule has 0 aliphatic heterocycles. The highest BCUT2D eigenvalue weighted by atomic mass is 35.5. The Morgan fingerprint density at radius 3 is 2.37 bits per heavy atom. The number of aromatic nitrogens is 2. The zero-order chi connectivity index (χ0) is 18.8. The number of fused-ring (bicyclic) bond motifs is 1. The van der Waals surface area contributed by atoms with E-state index in [-0.39, 0.29) is 5.56 Å². The van der Waals surface area contributed by atoms with E-state index in [4.69, 9.17) is 16.3 Å². The van der Waals surface area contributed by atoms with Crippen LogP contribution in [0.2, 0.25) is 5.02 Å². The zero-order valence-electron chi connectivity index (χ0n) is 14.0. The topological polar surface area (TPSA) is 72.0 Å². The molecule has 1 N–H and O–H groups in total. The van der Waals surface area contributed by atoms with Crippen molar-refractivity contribution in [3.05, 3.63) is 93.7 Å². The molecule has 0 atom stereocenters. The minimum Gasteiger partial charge on any atom is -0.423 e. The summed E-state index contributed by atoms with van der Waals surface area (Å²) >= 11 is 5.82. The fourth-order valence-corrected chi connectivity index (χ4v) is 2.78. The molecule has 27 heavy (non-hydrogen) atoms. The second-order valence-corrected chi connectivity index (χ2v) is 6.29. The number of hydrogen-bond acceptors (Lipinski definition) is 4. The Hall–Kier alpha value is -3.44. The highest BCUT2D eigenvalue weighted by Crippen LogP contribution is 2.21. The standard InChI is InChI=1S/C21H13ClN2O3/c22-15-9-5-14(6-10-15)21(26)27-16-11-7-13(8-12-16)19-23-18-4-2-1-3-17(18)20(25)24-19/h1-12H,(H,23,24,25). The quantitative estimate of drug-likeness (QED) is 0.423. The van der Waals surface area contributed by atoms with Gasteiger partial charge in [-0.05, 0) is 60.7 Å². The molecular weight excluding hydrogens is 364 g/mol. The van der Waals surface area contributed by atoms with Gasteiger partial charge in [0.25, 0.3) is 5.56 Å². The lowest BCUT2D eigenvalue weighted by atomic mass is 10.2. The van der Waals surface area contributed by atoms with Gasteiger partial charge in [0.1, 0.15) is 11.6 Å². The maximum Gasteiger partial charge on any atom is 0.343 e. The number of carbonyl (C=O) groups excluding carboxylic acids is 1. The third-order valence-electron chi connectivity index (χ3n) is 4.03. The zero-order valence-corrected chi connectivity index (χ0v) is 14.7. The molecule has 0 saturated carbocycles. The van der Waals surface area contributed by atoms with Gasteiger partial charge in [-0.25, -0.2) is 9.78 Å². The summed E-state index contributed by atoms with van der Waals surface area (Å²) in [5.74, 6) is 0.368. The van der Waals surface area contributed by atoms with E-state index >= 15 is 0 Å². The van der Waals surface area contributed by atoms with Gasteiger partial charge in [0.15, 0.2) is 0 Å². The lowest BCUT2D eigenvalue weighted by molar-refractivity contribution is 0.0735. The van der Waals surface area contributed by atoms with Crippen molar-refractivity contribution >= 4 is 28.5 Å². The van der Waals surface area contributed by atoms with E-state index in [0.717, 1.165) is 0 Å². The van der Waals surface area contributed by atoms with E-state index in [1.807, 2.05) is 6.07 Å². The Bertz CT molecular complexity index is 1180. The molecule has 6 heteroatoms. The second-order valence-electron chi connectivity index (χ2n) is 5.85. The molecule has 0 spiro atoms. The van der Waals surface area contributed by atoms with Crippen LogP contribution in [0, 0.1) is 0 Å². The number of nitrogens with one attached hydrogen (secondary N) is 1. The second kappa shape index (κ2) is 7.05. The van der Waals surface area contributed by atoms with Crippen molar-refractivity contribution < 1.29 is 9.53 Å². The normalized spacial score (nSPS) is 10.7. The molecule has 132 valence electrons. The number of hydrogen-bond donors (Lipinski definition) is 1. The average molecular weight is 377 g/mol. The highest BCUT2D eigenvalue weighted by Gasteiger charge is 2.10. The molecule has 0 aliphatic rings. The summed E-state index contributed by atoms with van der Waals surface area (Å²) in [5.41, 5.74) is 1.54. The van der Waals surface area contributed by atoms with E-state index in [9.17, 15) is 9.59 Å². The van der Waals surface area contributed by atoms with Gasteiger partial charge in [-0.1, -0.05) is 23.7 Å². The smallest absolute Gasteiger partial charge is 0.343 e. The number of carbonyl (C=O) groups is 1. The first-order valence-electron chi connectivity index (χ1n) is 8.17. The molecule has 0 bridgehead atoms. The molecule has 5 nitrogen and oxygen atoms in total. The van der Waals surface area contributed by atoms with Crippen LogP contribution in [-0.2, 0) is 0 Å². The van der Waals surface area contributed by atoms with Crippen LogP contribution in [0.3, 0.4) is 0 Å². The fraction of sp³-hybridized carbons (Fsp3) is 0. The summed E-state index contributed by atoms with van der Waals surface area (Å²) < 4.78 is 5.35. The SMILES string of the molecule is O=C(Oc1ccc(-c2nc3ccccc3c(=O)[nH]2)cc1)c1ccc(Cl)cc1. The molecule has 0 saturated heterocycles. The summed E-state index contributed by atoms with van der Waals surface area (Å²) in [4.78, 5) is 31.6. The summed E-state index contributed by atoms with van der Waals surface area (Å²) in [7, 11) is 0. The number of aromatic amines is 1. The van der Waals surface area contributed by atoms with Crippen molar-refractivity contribution in [3.63, 3.8) is 0 Å². The van der Waals surface area contributed by atoms with Crippen LogP contribution in [0.1, 0.15) is 10.4 Å². The third kappa shape index (κ3) is 3.59. The van der Waals surface area contributed by atoms with Gasteiger partial charge in [-0.15, -0.1) is 0 Å². The van der Waals surface area contributed by atoms with Crippen molar-refractivity contribution in [2.24, 2.45) is 0 Å². The Labute approximate surface area is 159 Å². The molecule has 0 aliphatic carbocycles. The highest BCUT2D eigenvalue weighted by molar-refractivity contribution is 6.30. The monoisotopic (exact) mass is 376 g/mol. The fourth-order valence-electron chi connectivity index (χ4n) is 2.66. The Balaban J connectivity index is 1.58. The van der Waals surface area contributed by atoms with Gasteiger partial charge in [-0.3, -0.25) is 4.79 Å². The van der Waals surface area contributed by atoms with Gasteiger partial charge in [-0.2, -0.15) is 0 Å². The van der Waals surface area contributed by atoms with Crippen LogP contribution in [0.15, 0.2) is 77.6 Å². The van der Waals surface area contributed by atoms with Crippen molar-refractivity contribution in [2.45, 2.75) is 0 Å². The number of para-hydroxylation sites is 1. The predicted octanol–water partition coefficient (Wildman–Crippen LogP) is 4.46. The number of ether oxygens (including phenoxy) is 1. The first-order valence-corrected chi connectivity index (χ1v) is 8.55. The van der Waals surface area contributed by atoms with Crippen molar-refractivity contribution in [1.29, 1.82) is 0 Å². The predicted molar refractivity (Wildman–Crippen MR) is 104 cm³/mol. The number of esters is 1. The molecule has 4 aromatic rings. The van der Waals surface area contributed by atoms with E-state index in [0.29, 0.717) is 38.6 Å².